The smallest absolute Gasteiger partial charge is 0.422 e. The quantitative estimate of drug-likeness (QED) is 0.0598. The number of carbonyl (C=O) groups is 4. The average Bonchev–Trinajstić information content (AvgIpc) is 3.17. The fourth-order valence-corrected chi connectivity index (χ4v) is 5.50. The van der Waals surface area contributed by atoms with E-state index in [1.165, 1.54) is 0 Å². The summed E-state index contributed by atoms with van der Waals surface area (Å²) in [5.74, 6) is -19.3. The van der Waals surface area contributed by atoms with Gasteiger partial charge in [-0.05, 0) is 71.6 Å². The molecule has 358 valence electrons. The van der Waals surface area contributed by atoms with Gasteiger partial charge in [-0.1, -0.05) is 39.7 Å². The Morgan fingerprint density at radius 1 is 0.448 bits per heavy atom. The number of halogens is 17. The van der Waals surface area contributed by atoms with Gasteiger partial charge in [-0.2, -0.15) is 65.9 Å². The van der Waals surface area contributed by atoms with Gasteiger partial charge >= 0.3 is 54.8 Å². The van der Waals surface area contributed by atoms with Crippen LogP contribution in [0.3, 0.4) is 0 Å². The van der Waals surface area contributed by atoms with Crippen molar-refractivity contribution < 1.29 is 113 Å². The second-order valence-electron chi connectivity index (χ2n) is 13.5. The molecule has 0 aliphatic heterocycles. The van der Waals surface area contributed by atoms with E-state index in [0.29, 0.717) is 12.1 Å². The maximum Gasteiger partial charge on any atom is 0.422 e. The summed E-state index contributed by atoms with van der Waals surface area (Å²) in [6.45, 7) is 11.6. The second kappa shape index (κ2) is 18.6. The lowest BCUT2D eigenvalue weighted by atomic mass is 9.94. The first kappa shape index (κ1) is 52.4. The number of aryl methyl sites for hydroxylation is 1. The molecule has 0 unspecified atom stereocenters. The molecular weight excluding hydrogens is 955 g/mol. The van der Waals surface area contributed by atoms with Crippen LogP contribution in [0.4, 0.5) is 74.6 Å². The van der Waals surface area contributed by atoms with Crippen molar-refractivity contribution in [1.29, 1.82) is 0 Å². The molecule has 0 aliphatic carbocycles. The van der Waals surface area contributed by atoms with Crippen molar-refractivity contribution in [1.82, 2.24) is 0 Å². The normalized spacial score (nSPS) is 12.3. The van der Waals surface area contributed by atoms with E-state index < -0.39 is 150 Å². The number of hydrogen-bond donors (Lipinski definition) is 0. The summed E-state index contributed by atoms with van der Waals surface area (Å²) < 4.78 is 253. The van der Waals surface area contributed by atoms with Gasteiger partial charge in [-0.15, -0.1) is 0 Å². The van der Waals surface area contributed by atoms with Crippen molar-refractivity contribution in [3.8, 4) is 45.3 Å². The minimum absolute atomic E-state index is 0.00912. The van der Waals surface area contributed by atoms with Gasteiger partial charge < -0.3 is 18.9 Å². The van der Waals surface area contributed by atoms with E-state index in [9.17, 15) is 93.8 Å². The Kier molecular flexibility index (Phi) is 14.5. The van der Waals surface area contributed by atoms with E-state index in [0.717, 1.165) is 12.1 Å². The van der Waals surface area contributed by atoms with Gasteiger partial charge in [0.1, 0.15) is 62.5 Å². The van der Waals surface area contributed by atoms with E-state index >= 15 is 0 Å². The molecule has 0 saturated heterocycles. The van der Waals surface area contributed by atoms with E-state index in [2.05, 4.69) is 26.3 Å². The minimum atomic E-state index is -5.76. The van der Waals surface area contributed by atoms with E-state index in [1.54, 1.807) is 6.92 Å². The van der Waals surface area contributed by atoms with Crippen molar-refractivity contribution in [3.05, 3.63) is 120 Å². The number of ether oxygens (including phenoxy) is 4. The number of benzene rings is 4. The highest BCUT2D eigenvalue weighted by Gasteiger charge is 2.43. The molecule has 0 amide bonds. The molecule has 0 fully saturated rings. The maximum absolute atomic E-state index is 14.9. The Bertz CT molecular complexity index is 2730. The molecule has 0 saturated carbocycles. The predicted octanol–water partition coefficient (Wildman–Crippen LogP) is 12.5. The summed E-state index contributed by atoms with van der Waals surface area (Å²) in [6.07, 6.45) is -27.9. The van der Waals surface area contributed by atoms with Crippen LogP contribution in [0, 0.1) is 11.6 Å². The summed E-state index contributed by atoms with van der Waals surface area (Å²) in [7, 11) is 0. The number of hydrogen-bond acceptors (Lipinski definition) is 8. The van der Waals surface area contributed by atoms with Crippen LogP contribution in [0.5, 0.6) is 23.0 Å². The first-order valence-electron chi connectivity index (χ1n) is 17.8. The molecule has 0 spiro atoms. The molecule has 0 atom stereocenters. The molecule has 4 aromatic rings. The third-order valence-electron chi connectivity index (χ3n) is 8.79. The van der Waals surface area contributed by atoms with Crippen LogP contribution >= 0.6 is 0 Å². The molecule has 0 radical (unpaired) electrons. The van der Waals surface area contributed by atoms with Crippen molar-refractivity contribution in [2.24, 2.45) is 0 Å². The maximum atomic E-state index is 14.9. The number of alkyl halides is 15. The van der Waals surface area contributed by atoms with Crippen molar-refractivity contribution in [2.45, 2.75) is 50.6 Å². The van der Waals surface area contributed by atoms with Crippen molar-refractivity contribution in [3.63, 3.8) is 0 Å². The summed E-state index contributed by atoms with van der Waals surface area (Å²) >= 11 is 0. The highest BCUT2D eigenvalue weighted by atomic mass is 19.4. The fraction of sp³-hybridized carbons (Fsp3) is 0.190. The van der Waals surface area contributed by atoms with Crippen LogP contribution in [-0.2, 0) is 31.8 Å². The lowest BCUT2D eigenvalue weighted by Gasteiger charge is -2.20. The van der Waals surface area contributed by atoms with Gasteiger partial charge in [0, 0.05) is 21.9 Å². The fourth-order valence-electron chi connectivity index (χ4n) is 5.50. The van der Waals surface area contributed by atoms with Gasteiger partial charge in [0.2, 0.25) is 0 Å². The summed E-state index contributed by atoms with van der Waals surface area (Å²) in [6, 6.07) is 3.02. The van der Waals surface area contributed by atoms with E-state index in [1.807, 2.05) is 0 Å². The molecule has 8 nitrogen and oxygen atoms in total. The zero-order valence-electron chi connectivity index (χ0n) is 33.1. The number of carbonyl (C=O) groups excluding carboxylic acids is 4. The summed E-state index contributed by atoms with van der Waals surface area (Å²) in [5, 5.41) is -1.37. The van der Waals surface area contributed by atoms with Gasteiger partial charge in [-0.3, -0.25) is 0 Å². The molecule has 4 rings (SSSR count). The zero-order valence-corrected chi connectivity index (χ0v) is 33.1. The molecule has 4 aromatic carbocycles. The first-order valence-corrected chi connectivity index (χ1v) is 17.8. The Balaban J connectivity index is 2.26. The predicted molar refractivity (Wildman–Crippen MR) is 197 cm³/mol. The SMILES string of the molecule is C=C(C(=O)Oc1cc(-c2cc(OC(=O)C(=C)C(F)(F)F)c3cc(CCC)cc(OC(=O)C(=C)C(F)(F)F)c3c2)c(OC(=O)C(=C)C(F)(F)F)cc1-c1cc(F)c(C(F)(F)F)c(F)c1)C(F)(F)F. The van der Waals surface area contributed by atoms with Crippen molar-refractivity contribution >= 4 is 34.6 Å². The zero-order chi connectivity index (χ0) is 51.1. The third kappa shape index (κ3) is 12.0. The Labute approximate surface area is 363 Å². The van der Waals surface area contributed by atoms with Crippen LogP contribution in [0.25, 0.3) is 33.0 Å². The Hall–Kier alpha value is -7.21. The molecule has 0 heterocycles. The molecule has 0 bridgehead atoms. The van der Waals surface area contributed by atoms with Crippen LogP contribution < -0.4 is 18.9 Å². The van der Waals surface area contributed by atoms with E-state index in [4.69, 9.17) is 18.9 Å². The monoisotopic (exact) mass is 978 g/mol. The lowest BCUT2D eigenvalue weighted by Crippen LogP contribution is -2.24. The van der Waals surface area contributed by atoms with Gasteiger partial charge in [0.15, 0.2) is 0 Å². The Morgan fingerprint density at radius 2 is 0.761 bits per heavy atom. The second-order valence-corrected chi connectivity index (χ2v) is 13.5. The highest BCUT2D eigenvalue weighted by molar-refractivity contribution is 6.03. The van der Waals surface area contributed by atoms with Gasteiger partial charge in [0.25, 0.3) is 0 Å². The lowest BCUT2D eigenvalue weighted by molar-refractivity contribution is -0.144. The van der Waals surface area contributed by atoms with Crippen LogP contribution in [0.2, 0.25) is 0 Å². The van der Waals surface area contributed by atoms with Gasteiger partial charge in [0.05, 0.1) is 0 Å². The largest absolute Gasteiger partial charge is 0.422 e. The topological polar surface area (TPSA) is 105 Å². The third-order valence-corrected chi connectivity index (χ3v) is 8.79. The molecule has 0 aromatic heterocycles. The average molecular weight is 979 g/mol. The van der Waals surface area contributed by atoms with E-state index in [-0.39, 0.29) is 42.7 Å². The minimum Gasteiger partial charge on any atom is -0.422 e. The molecule has 0 aliphatic rings. The van der Waals surface area contributed by atoms with Crippen LogP contribution in [0.15, 0.2) is 97.1 Å². The first-order chi connectivity index (χ1) is 30.5. The number of fused-ring (bicyclic) bond motifs is 1. The van der Waals surface area contributed by atoms with Crippen molar-refractivity contribution in [2.75, 3.05) is 0 Å². The number of esters is 4. The standard InChI is InChI=1S/C42H23F17O8/c1-6-7-20-8-25-26(29(9-20)64-34(60)16(2)38(45,46)47)10-21(13-30(25)65-35(61)17(3)39(48,49)50)23-14-32(67-37(63)19(5)41(54,55)56)24(15-31(23)66-36(62)18(4)40(51,52)53)22-11-27(43)33(28(44)12-22)42(57,58)59/h8-15H,2-7H2,1H3. The molecular formula is C42H23F17O8. The highest BCUT2D eigenvalue weighted by Crippen LogP contribution is 2.47. The van der Waals surface area contributed by atoms with Crippen LogP contribution in [-0.4, -0.2) is 48.6 Å². The molecule has 25 heteroatoms. The van der Waals surface area contributed by atoms with Gasteiger partial charge in [-0.25, -0.2) is 28.0 Å². The summed E-state index contributed by atoms with van der Waals surface area (Å²) in [5.41, 5.74) is -16.1. The number of rotatable bonds is 12. The van der Waals surface area contributed by atoms with Crippen LogP contribution in [0.1, 0.15) is 24.5 Å². The molecule has 0 N–H and O–H groups in total. The summed E-state index contributed by atoms with van der Waals surface area (Å²) in [4.78, 5) is 51.2. The Morgan fingerprint density at radius 3 is 1.09 bits per heavy atom. The molecule has 67 heavy (non-hydrogen) atoms.